The van der Waals surface area contributed by atoms with E-state index in [1.807, 2.05) is 0 Å². The summed E-state index contributed by atoms with van der Waals surface area (Å²) in [5.41, 5.74) is -0.253. The van der Waals surface area contributed by atoms with E-state index in [1.165, 1.54) is 24.3 Å². The van der Waals surface area contributed by atoms with E-state index in [1.54, 1.807) is 0 Å². The van der Waals surface area contributed by atoms with Crippen LogP contribution in [0.2, 0.25) is 10.0 Å². The standard InChI is InChI=1S/C17H14Cl2N4O6/c18-14-8-10(22(26)27)2-4-12(14)16(24)20-6-1-7-21-17(25)13-5-3-11(23(28)29)9-15(13)19/h2-5,8-9H,1,6-7H2,(H,20,24)(H,21,25). The first-order valence-corrected chi connectivity index (χ1v) is 8.90. The fraction of sp³-hybridized carbons (Fsp3) is 0.176. The summed E-state index contributed by atoms with van der Waals surface area (Å²) < 4.78 is 0. The first kappa shape index (κ1) is 22.1. The van der Waals surface area contributed by atoms with Gasteiger partial charge < -0.3 is 10.6 Å². The van der Waals surface area contributed by atoms with Crippen LogP contribution in [-0.4, -0.2) is 34.8 Å². The van der Waals surface area contributed by atoms with Gasteiger partial charge in [0.15, 0.2) is 0 Å². The van der Waals surface area contributed by atoms with Crippen molar-refractivity contribution in [3.8, 4) is 0 Å². The molecule has 2 aromatic carbocycles. The summed E-state index contributed by atoms with van der Waals surface area (Å²) in [4.78, 5) is 44.3. The van der Waals surface area contributed by atoms with Crippen molar-refractivity contribution in [3.05, 3.63) is 77.8 Å². The third-order valence-electron chi connectivity index (χ3n) is 3.74. The van der Waals surface area contributed by atoms with Crippen molar-refractivity contribution in [2.24, 2.45) is 0 Å². The van der Waals surface area contributed by atoms with Gasteiger partial charge in [0.05, 0.1) is 31.0 Å². The molecule has 152 valence electrons. The Hall–Kier alpha value is -3.24. The zero-order valence-electron chi connectivity index (χ0n) is 14.7. The summed E-state index contributed by atoms with van der Waals surface area (Å²) in [5.74, 6) is -1.01. The first-order valence-electron chi connectivity index (χ1n) is 8.15. The van der Waals surface area contributed by atoms with Gasteiger partial charge in [0.1, 0.15) is 0 Å². The van der Waals surface area contributed by atoms with Crippen LogP contribution >= 0.6 is 23.2 Å². The van der Waals surface area contributed by atoms with Crippen molar-refractivity contribution in [2.75, 3.05) is 13.1 Å². The molecule has 0 saturated carbocycles. The van der Waals surface area contributed by atoms with E-state index in [2.05, 4.69) is 10.6 Å². The van der Waals surface area contributed by atoms with Crippen LogP contribution < -0.4 is 10.6 Å². The molecule has 0 aromatic heterocycles. The molecule has 2 rings (SSSR count). The Morgan fingerprint density at radius 3 is 1.48 bits per heavy atom. The summed E-state index contributed by atoms with van der Waals surface area (Å²) in [7, 11) is 0. The highest BCUT2D eigenvalue weighted by atomic mass is 35.5. The number of halogens is 2. The summed E-state index contributed by atoms with van der Waals surface area (Å²) in [5, 5.41) is 26.4. The summed E-state index contributed by atoms with van der Waals surface area (Å²) in [6, 6.07) is 7.04. The number of nitro benzene ring substituents is 2. The van der Waals surface area contributed by atoms with E-state index >= 15 is 0 Å². The number of carbonyl (C=O) groups is 2. The molecule has 0 bridgehead atoms. The van der Waals surface area contributed by atoms with Crippen LogP contribution in [0, 0.1) is 20.2 Å². The van der Waals surface area contributed by atoms with E-state index in [9.17, 15) is 29.8 Å². The lowest BCUT2D eigenvalue weighted by molar-refractivity contribution is -0.385. The largest absolute Gasteiger partial charge is 0.352 e. The summed E-state index contributed by atoms with van der Waals surface area (Å²) in [6.07, 6.45) is 0.382. The highest BCUT2D eigenvalue weighted by Gasteiger charge is 2.16. The number of amides is 2. The van der Waals surface area contributed by atoms with Crippen molar-refractivity contribution >= 4 is 46.4 Å². The van der Waals surface area contributed by atoms with E-state index in [0.29, 0.717) is 6.42 Å². The van der Waals surface area contributed by atoms with Gasteiger partial charge in [-0.15, -0.1) is 0 Å². The predicted molar refractivity (Wildman–Crippen MR) is 105 cm³/mol. The van der Waals surface area contributed by atoms with E-state index in [0.717, 1.165) is 12.1 Å². The Morgan fingerprint density at radius 2 is 1.17 bits per heavy atom. The van der Waals surface area contributed by atoms with Gasteiger partial charge in [-0.2, -0.15) is 0 Å². The Labute approximate surface area is 174 Å². The van der Waals surface area contributed by atoms with Crippen LogP contribution in [0.5, 0.6) is 0 Å². The molecule has 0 aliphatic heterocycles. The van der Waals surface area contributed by atoms with Gasteiger partial charge >= 0.3 is 0 Å². The third-order valence-corrected chi connectivity index (χ3v) is 4.37. The molecule has 12 heteroatoms. The second kappa shape index (κ2) is 9.80. The molecule has 0 spiro atoms. The van der Waals surface area contributed by atoms with Crippen LogP contribution in [-0.2, 0) is 0 Å². The minimum absolute atomic E-state index is 0.0437. The number of hydrogen-bond donors (Lipinski definition) is 2. The van der Waals surface area contributed by atoms with Crippen LogP contribution in [0.3, 0.4) is 0 Å². The second-order valence-corrected chi connectivity index (χ2v) is 6.52. The van der Waals surface area contributed by atoms with Gasteiger partial charge in [-0.05, 0) is 18.6 Å². The average Bonchev–Trinajstić information content (AvgIpc) is 2.66. The van der Waals surface area contributed by atoms with Crippen molar-refractivity contribution in [1.29, 1.82) is 0 Å². The van der Waals surface area contributed by atoms with Crippen molar-refractivity contribution in [1.82, 2.24) is 10.6 Å². The van der Waals surface area contributed by atoms with E-state index < -0.39 is 21.7 Å². The van der Waals surface area contributed by atoms with Gasteiger partial charge in [-0.3, -0.25) is 29.8 Å². The number of non-ortho nitro benzene ring substituents is 2. The molecule has 0 aliphatic rings. The van der Waals surface area contributed by atoms with Crippen LogP contribution in [0.4, 0.5) is 11.4 Å². The fourth-order valence-corrected chi connectivity index (χ4v) is 2.81. The van der Waals surface area contributed by atoms with Gasteiger partial charge in [0.2, 0.25) is 0 Å². The van der Waals surface area contributed by atoms with Gasteiger partial charge in [-0.1, -0.05) is 23.2 Å². The molecule has 29 heavy (non-hydrogen) atoms. The Kier molecular flexibility index (Phi) is 7.46. The smallest absolute Gasteiger partial charge is 0.270 e. The monoisotopic (exact) mass is 440 g/mol. The number of nitro groups is 2. The molecule has 0 saturated heterocycles. The Balaban J connectivity index is 1.81. The second-order valence-electron chi connectivity index (χ2n) is 5.71. The van der Waals surface area contributed by atoms with Gasteiger partial charge in [0.25, 0.3) is 23.2 Å². The molecule has 0 heterocycles. The third kappa shape index (κ3) is 5.87. The molecular weight excluding hydrogens is 427 g/mol. The maximum absolute atomic E-state index is 12.1. The number of hydrogen-bond acceptors (Lipinski definition) is 6. The topological polar surface area (TPSA) is 144 Å². The lowest BCUT2D eigenvalue weighted by Crippen LogP contribution is -2.30. The number of rotatable bonds is 8. The summed E-state index contributed by atoms with van der Waals surface area (Å²) >= 11 is 11.8. The molecule has 2 N–H and O–H groups in total. The van der Waals surface area contributed by atoms with Crippen LogP contribution in [0.25, 0.3) is 0 Å². The molecule has 10 nitrogen and oxygen atoms in total. The van der Waals surface area contributed by atoms with E-state index in [4.69, 9.17) is 23.2 Å². The van der Waals surface area contributed by atoms with Crippen LogP contribution in [0.15, 0.2) is 36.4 Å². The highest BCUT2D eigenvalue weighted by Crippen LogP contribution is 2.23. The SMILES string of the molecule is O=C(NCCCNC(=O)c1ccc([N+](=O)[O-])cc1Cl)c1ccc([N+](=O)[O-])cc1Cl. The Morgan fingerprint density at radius 1 is 0.793 bits per heavy atom. The molecule has 0 unspecified atom stereocenters. The zero-order valence-corrected chi connectivity index (χ0v) is 16.2. The minimum atomic E-state index is -0.618. The molecule has 0 atom stereocenters. The number of carbonyl (C=O) groups excluding carboxylic acids is 2. The van der Waals surface area contributed by atoms with E-state index in [-0.39, 0.29) is 45.6 Å². The molecule has 2 amide bonds. The number of benzene rings is 2. The molecule has 0 aliphatic carbocycles. The maximum atomic E-state index is 12.1. The van der Waals surface area contributed by atoms with Gasteiger partial charge in [0, 0.05) is 37.4 Å². The molecular formula is C17H14Cl2N4O6. The van der Waals surface area contributed by atoms with Crippen molar-refractivity contribution < 1.29 is 19.4 Å². The quantitative estimate of drug-likeness (QED) is 0.365. The normalized spacial score (nSPS) is 10.3. The molecule has 0 radical (unpaired) electrons. The Bertz CT molecular complexity index is 905. The van der Waals surface area contributed by atoms with Crippen molar-refractivity contribution in [2.45, 2.75) is 6.42 Å². The average molecular weight is 441 g/mol. The minimum Gasteiger partial charge on any atom is -0.352 e. The first-order chi connectivity index (χ1) is 13.7. The van der Waals surface area contributed by atoms with Crippen LogP contribution in [0.1, 0.15) is 27.1 Å². The number of nitrogens with one attached hydrogen (secondary N) is 2. The fourth-order valence-electron chi connectivity index (χ4n) is 2.29. The van der Waals surface area contributed by atoms with Crippen molar-refractivity contribution in [3.63, 3.8) is 0 Å². The highest BCUT2D eigenvalue weighted by molar-refractivity contribution is 6.34. The molecule has 0 fully saturated rings. The van der Waals surface area contributed by atoms with Gasteiger partial charge in [-0.25, -0.2) is 0 Å². The molecule has 2 aromatic rings. The number of nitrogens with zero attached hydrogens (tertiary/aromatic N) is 2. The summed E-state index contributed by atoms with van der Waals surface area (Å²) in [6.45, 7) is 0.418. The predicted octanol–water partition coefficient (Wildman–Crippen LogP) is 3.36. The lowest BCUT2D eigenvalue weighted by Gasteiger charge is -2.08. The maximum Gasteiger partial charge on any atom is 0.270 e. The zero-order chi connectivity index (χ0) is 21.6. The lowest BCUT2D eigenvalue weighted by atomic mass is 10.2.